The third-order valence-corrected chi connectivity index (χ3v) is 9.32. The minimum Gasteiger partial charge on any atom is -0.497 e. The first kappa shape index (κ1) is 26.8. The van der Waals surface area contributed by atoms with Crippen molar-refractivity contribution in [3.05, 3.63) is 88.1 Å². The molecule has 2 unspecified atom stereocenters. The molecule has 7 heteroatoms. The molecule has 7 nitrogen and oxygen atoms in total. The monoisotopic (exact) mass is 559 g/mol. The van der Waals surface area contributed by atoms with E-state index in [0.29, 0.717) is 0 Å². The van der Waals surface area contributed by atoms with Gasteiger partial charge in [0.2, 0.25) is 5.91 Å². The predicted molar refractivity (Wildman–Crippen MR) is 166 cm³/mol. The summed E-state index contributed by atoms with van der Waals surface area (Å²) in [5, 5.41) is 11.8. The van der Waals surface area contributed by atoms with Gasteiger partial charge in [0.15, 0.2) is 0 Å². The summed E-state index contributed by atoms with van der Waals surface area (Å²) in [6, 6.07) is 18.9. The largest absolute Gasteiger partial charge is 0.497 e. The molecule has 0 bridgehead atoms. The molecule has 3 heterocycles. The lowest BCUT2D eigenvalue weighted by molar-refractivity contribution is -0.118. The van der Waals surface area contributed by atoms with Crippen LogP contribution in [0.4, 0.5) is 5.69 Å². The normalized spacial score (nSPS) is 21.7. The molecule has 42 heavy (non-hydrogen) atoms. The second-order valence-corrected chi connectivity index (χ2v) is 12.0. The van der Waals surface area contributed by atoms with Crippen LogP contribution in [0.5, 0.6) is 5.75 Å². The number of carbonyl (C=O) groups excluding carboxylic acids is 1. The van der Waals surface area contributed by atoms with Crippen LogP contribution in [0.3, 0.4) is 0 Å². The standard InChI is InChI=1S/C35H37N5O2/c1-4-5-25-18-23(22-40-16-14-39(2)15-17-40)6-7-24(25)9-12-31-28-11-8-26(19-33(28)38-37-31)30-21-35(30)29-20-27(42-3)10-13-32(29)36-34(35)41/h6-8,10-11,13,18-20,30H,4-5,14-17,21-22H2,1-3H3,(H,36,41)(H,37,38). The zero-order valence-electron chi connectivity index (χ0n) is 24.6. The lowest BCUT2D eigenvalue weighted by Gasteiger charge is -2.32. The average Bonchev–Trinajstić information content (AvgIpc) is 3.54. The van der Waals surface area contributed by atoms with Crippen molar-refractivity contribution in [2.24, 2.45) is 0 Å². The number of benzene rings is 3. The molecule has 0 radical (unpaired) electrons. The van der Waals surface area contributed by atoms with E-state index >= 15 is 0 Å². The number of aromatic amines is 1. The van der Waals surface area contributed by atoms with Crippen LogP contribution in [0, 0.1) is 11.8 Å². The van der Waals surface area contributed by atoms with Crippen molar-refractivity contribution in [3.63, 3.8) is 0 Å². The summed E-state index contributed by atoms with van der Waals surface area (Å²) < 4.78 is 5.44. The van der Waals surface area contributed by atoms with Crippen molar-refractivity contribution in [3.8, 4) is 17.6 Å². The Kier molecular flexibility index (Phi) is 6.76. The summed E-state index contributed by atoms with van der Waals surface area (Å²) in [4.78, 5) is 18.0. The van der Waals surface area contributed by atoms with Gasteiger partial charge < -0.3 is 15.0 Å². The molecule has 4 aromatic rings. The number of fused-ring (bicyclic) bond motifs is 3. The number of likely N-dealkylation sites (N-methyl/N-ethyl adjacent to an activating group) is 1. The highest BCUT2D eigenvalue weighted by Gasteiger charge is 2.65. The molecule has 3 aliphatic rings. The predicted octanol–water partition coefficient (Wildman–Crippen LogP) is 5.05. The molecule has 1 saturated heterocycles. The number of methoxy groups -OCH3 is 1. The highest BCUT2D eigenvalue weighted by Crippen LogP contribution is 2.65. The van der Waals surface area contributed by atoms with Gasteiger partial charge in [-0.25, -0.2) is 0 Å². The van der Waals surface area contributed by atoms with Gasteiger partial charge in [0.05, 0.1) is 18.0 Å². The molecule has 2 fully saturated rings. The van der Waals surface area contributed by atoms with Gasteiger partial charge in [-0.05, 0) is 84.5 Å². The van der Waals surface area contributed by atoms with Crippen molar-refractivity contribution < 1.29 is 9.53 Å². The summed E-state index contributed by atoms with van der Waals surface area (Å²) in [5.41, 5.74) is 7.97. The molecule has 2 aliphatic heterocycles. The lowest BCUT2D eigenvalue weighted by atomic mass is 9.91. The van der Waals surface area contributed by atoms with Gasteiger partial charge in [-0.1, -0.05) is 37.5 Å². The number of hydrogen-bond donors (Lipinski definition) is 2. The van der Waals surface area contributed by atoms with Crippen molar-refractivity contribution >= 4 is 22.5 Å². The average molecular weight is 560 g/mol. The Morgan fingerprint density at radius 2 is 1.90 bits per heavy atom. The lowest BCUT2D eigenvalue weighted by Crippen LogP contribution is -2.43. The molecule has 2 atom stereocenters. The second kappa shape index (κ2) is 10.6. The van der Waals surface area contributed by atoms with Gasteiger partial charge in [-0.15, -0.1) is 0 Å². The first-order valence-corrected chi connectivity index (χ1v) is 15.0. The Morgan fingerprint density at radius 1 is 1.05 bits per heavy atom. The Balaban J connectivity index is 1.12. The van der Waals surface area contributed by atoms with Gasteiger partial charge in [0.1, 0.15) is 11.4 Å². The van der Waals surface area contributed by atoms with E-state index in [-0.39, 0.29) is 11.8 Å². The smallest absolute Gasteiger partial charge is 0.235 e. The maximum Gasteiger partial charge on any atom is 0.235 e. The van der Waals surface area contributed by atoms with Crippen LogP contribution in [0.1, 0.15) is 59.2 Å². The van der Waals surface area contributed by atoms with E-state index in [1.54, 1.807) is 7.11 Å². The number of carbonyl (C=O) groups is 1. The van der Waals surface area contributed by atoms with E-state index in [0.717, 1.165) is 96.7 Å². The summed E-state index contributed by atoms with van der Waals surface area (Å²) in [7, 11) is 3.85. The second-order valence-electron chi connectivity index (χ2n) is 12.0. The molecule has 3 aromatic carbocycles. The molecule has 7 rings (SSSR count). The Morgan fingerprint density at radius 3 is 2.71 bits per heavy atom. The van der Waals surface area contributed by atoms with Crippen LogP contribution >= 0.6 is 0 Å². The van der Waals surface area contributed by atoms with Crippen LogP contribution in [0.25, 0.3) is 10.9 Å². The van der Waals surface area contributed by atoms with Crippen molar-refractivity contribution in [2.75, 3.05) is 45.7 Å². The number of hydrogen-bond acceptors (Lipinski definition) is 5. The zero-order chi connectivity index (χ0) is 28.8. The van der Waals surface area contributed by atoms with E-state index in [2.05, 4.69) is 87.5 Å². The van der Waals surface area contributed by atoms with Crippen LogP contribution < -0.4 is 10.1 Å². The van der Waals surface area contributed by atoms with E-state index < -0.39 is 5.41 Å². The van der Waals surface area contributed by atoms with E-state index in [1.807, 2.05) is 18.2 Å². The molecular formula is C35H37N5O2. The molecule has 1 amide bonds. The van der Waals surface area contributed by atoms with Crippen LogP contribution in [-0.4, -0.2) is 66.2 Å². The number of aromatic nitrogens is 2. The van der Waals surface area contributed by atoms with Gasteiger partial charge in [0.25, 0.3) is 0 Å². The molecule has 1 aromatic heterocycles. The summed E-state index contributed by atoms with van der Waals surface area (Å²) in [6.45, 7) is 7.71. The third-order valence-electron chi connectivity index (χ3n) is 9.32. The minimum atomic E-state index is -0.525. The van der Waals surface area contributed by atoms with Crippen LogP contribution in [-0.2, 0) is 23.2 Å². The molecule has 2 N–H and O–H groups in total. The number of H-pyrrole nitrogens is 1. The van der Waals surface area contributed by atoms with Gasteiger partial charge in [0, 0.05) is 55.3 Å². The summed E-state index contributed by atoms with van der Waals surface area (Å²) in [5.74, 6) is 7.77. The molecule has 1 aliphatic carbocycles. The first-order chi connectivity index (χ1) is 20.5. The van der Waals surface area contributed by atoms with Crippen molar-refractivity contribution in [2.45, 2.75) is 44.1 Å². The highest BCUT2D eigenvalue weighted by molar-refractivity contribution is 6.10. The van der Waals surface area contributed by atoms with Crippen LogP contribution in [0.15, 0.2) is 54.6 Å². The van der Waals surface area contributed by atoms with Gasteiger partial charge in [-0.3, -0.25) is 14.8 Å². The van der Waals surface area contributed by atoms with Gasteiger partial charge >= 0.3 is 0 Å². The molecule has 1 spiro atoms. The number of amides is 1. The summed E-state index contributed by atoms with van der Waals surface area (Å²) in [6.07, 6.45) is 2.88. The maximum atomic E-state index is 13.1. The van der Waals surface area contributed by atoms with E-state index in [1.165, 1.54) is 11.1 Å². The van der Waals surface area contributed by atoms with E-state index in [4.69, 9.17) is 4.74 Å². The maximum absolute atomic E-state index is 13.1. The highest BCUT2D eigenvalue weighted by atomic mass is 16.5. The quantitative estimate of drug-likeness (QED) is 0.324. The first-order valence-electron chi connectivity index (χ1n) is 15.0. The number of ether oxygens (including phenoxy) is 1. The Bertz CT molecular complexity index is 1740. The number of piperazine rings is 1. The minimum absolute atomic E-state index is 0.0712. The van der Waals surface area contributed by atoms with Gasteiger partial charge in [-0.2, -0.15) is 5.10 Å². The fourth-order valence-electron chi connectivity index (χ4n) is 6.78. The molecule has 214 valence electrons. The number of anilines is 1. The van der Waals surface area contributed by atoms with E-state index in [9.17, 15) is 4.79 Å². The van der Waals surface area contributed by atoms with Crippen molar-refractivity contribution in [1.82, 2.24) is 20.0 Å². The fourth-order valence-corrected chi connectivity index (χ4v) is 6.78. The fraction of sp³-hybridized carbons (Fsp3) is 0.371. The number of rotatable bonds is 6. The molecular weight excluding hydrogens is 522 g/mol. The number of aryl methyl sites for hydroxylation is 1. The topological polar surface area (TPSA) is 73.5 Å². The number of nitrogens with one attached hydrogen (secondary N) is 2. The SMILES string of the molecule is CCCc1cc(CN2CCN(C)CC2)ccc1C#Cc1[nH]nc2cc(C3CC34C(=O)Nc3ccc(OC)cc34)ccc12. The Labute approximate surface area is 247 Å². The molecule has 1 saturated carbocycles. The summed E-state index contributed by atoms with van der Waals surface area (Å²) >= 11 is 0. The number of nitrogens with zero attached hydrogens (tertiary/aromatic N) is 3. The Hall–Kier alpha value is -4.12. The van der Waals surface area contributed by atoms with Crippen molar-refractivity contribution in [1.29, 1.82) is 0 Å². The third kappa shape index (κ3) is 4.65. The zero-order valence-corrected chi connectivity index (χ0v) is 24.6. The van der Waals surface area contributed by atoms with Crippen LogP contribution in [0.2, 0.25) is 0 Å².